The van der Waals surface area contributed by atoms with E-state index in [0.29, 0.717) is 22.3 Å². The Morgan fingerprint density at radius 1 is 1.09 bits per heavy atom. The molecule has 0 fully saturated rings. The number of rotatable bonds is 12. The molecule has 2 atom stereocenters. The van der Waals surface area contributed by atoms with Crippen LogP contribution >= 0.6 is 15.9 Å². The monoisotopic (exact) mass is 567 g/mol. The summed E-state index contributed by atoms with van der Waals surface area (Å²) in [6.07, 6.45) is 2.18. The predicted molar refractivity (Wildman–Crippen MR) is 142 cm³/mol. The smallest absolute Gasteiger partial charge is 0.244 e. The average Bonchev–Trinajstić information content (AvgIpc) is 2.81. The minimum Gasteiger partial charge on any atom is -0.497 e. The molecule has 8 nitrogen and oxygen atoms in total. The van der Waals surface area contributed by atoms with Crippen LogP contribution in [-0.4, -0.2) is 57.1 Å². The van der Waals surface area contributed by atoms with Crippen molar-refractivity contribution < 1.29 is 22.7 Å². The number of carbonyl (C=O) groups is 2. The fourth-order valence-electron chi connectivity index (χ4n) is 3.53. The van der Waals surface area contributed by atoms with Gasteiger partial charge in [-0.2, -0.15) is 0 Å². The molecule has 0 saturated heterocycles. The number of hydrogen-bond donors (Lipinski definition) is 1. The van der Waals surface area contributed by atoms with E-state index in [0.717, 1.165) is 22.5 Å². The number of carbonyl (C=O) groups excluding carboxylic acids is 2. The topological polar surface area (TPSA) is 96.0 Å². The zero-order valence-corrected chi connectivity index (χ0v) is 23.2. The molecule has 0 heterocycles. The molecule has 0 saturated carbocycles. The molecule has 2 aromatic carbocycles. The van der Waals surface area contributed by atoms with E-state index in [4.69, 9.17) is 4.74 Å². The van der Waals surface area contributed by atoms with Gasteiger partial charge in [-0.15, -0.1) is 0 Å². The maximum absolute atomic E-state index is 13.6. The zero-order chi connectivity index (χ0) is 26.2. The molecule has 0 unspecified atom stereocenters. The fraction of sp³-hybridized carbons (Fsp3) is 0.440. The highest BCUT2D eigenvalue weighted by molar-refractivity contribution is 9.10. The number of anilines is 1. The number of hydrogen-bond acceptors (Lipinski definition) is 5. The van der Waals surface area contributed by atoms with Crippen molar-refractivity contribution in [1.82, 2.24) is 10.2 Å². The van der Waals surface area contributed by atoms with E-state index in [1.54, 1.807) is 43.5 Å². The molecule has 2 rings (SSSR count). The first-order valence-electron chi connectivity index (χ1n) is 11.5. The van der Waals surface area contributed by atoms with Gasteiger partial charge in [0.05, 0.1) is 19.1 Å². The summed E-state index contributed by atoms with van der Waals surface area (Å²) >= 11 is 3.35. The number of sulfonamides is 1. The fourth-order valence-corrected chi connectivity index (χ4v) is 4.76. The molecule has 2 aromatic rings. The number of benzene rings is 2. The first-order valence-corrected chi connectivity index (χ1v) is 14.1. The number of methoxy groups -OCH3 is 1. The molecule has 0 aromatic heterocycles. The van der Waals surface area contributed by atoms with Gasteiger partial charge in [-0.3, -0.25) is 13.9 Å². The second-order valence-electron chi connectivity index (χ2n) is 8.36. The van der Waals surface area contributed by atoms with E-state index in [1.165, 1.54) is 4.90 Å². The van der Waals surface area contributed by atoms with Crippen LogP contribution in [0.3, 0.4) is 0 Å². The van der Waals surface area contributed by atoms with Gasteiger partial charge < -0.3 is 15.0 Å². The molecular weight excluding hydrogens is 534 g/mol. The van der Waals surface area contributed by atoms with Gasteiger partial charge in [-0.05, 0) is 55.7 Å². The summed E-state index contributed by atoms with van der Waals surface area (Å²) in [5, 5.41) is 2.95. The molecule has 2 amide bonds. The second kappa shape index (κ2) is 12.9. The van der Waals surface area contributed by atoms with Crippen molar-refractivity contribution in [3.8, 4) is 5.75 Å². The van der Waals surface area contributed by atoms with Crippen LogP contribution in [0.1, 0.15) is 39.2 Å². The van der Waals surface area contributed by atoms with Gasteiger partial charge in [0.2, 0.25) is 21.8 Å². The molecule has 0 aliphatic carbocycles. The molecule has 192 valence electrons. The van der Waals surface area contributed by atoms with Gasteiger partial charge >= 0.3 is 0 Å². The van der Waals surface area contributed by atoms with Crippen LogP contribution in [-0.2, 0) is 26.2 Å². The molecule has 0 radical (unpaired) electrons. The van der Waals surface area contributed by atoms with Crippen LogP contribution in [0.4, 0.5) is 5.69 Å². The summed E-state index contributed by atoms with van der Waals surface area (Å²) in [5.41, 5.74) is 1.15. The Morgan fingerprint density at radius 3 is 2.26 bits per heavy atom. The Morgan fingerprint density at radius 2 is 1.74 bits per heavy atom. The Labute approximate surface area is 216 Å². The van der Waals surface area contributed by atoms with Crippen LogP contribution in [0, 0.1) is 0 Å². The van der Waals surface area contributed by atoms with Crippen molar-refractivity contribution in [3.63, 3.8) is 0 Å². The molecule has 0 aliphatic heterocycles. The Balaban J connectivity index is 2.43. The highest BCUT2D eigenvalue weighted by Crippen LogP contribution is 2.23. The van der Waals surface area contributed by atoms with E-state index < -0.39 is 28.5 Å². The highest BCUT2D eigenvalue weighted by Gasteiger charge is 2.32. The number of nitrogens with one attached hydrogen (secondary N) is 1. The van der Waals surface area contributed by atoms with Crippen molar-refractivity contribution in [2.45, 2.75) is 52.2 Å². The first kappa shape index (κ1) is 28.6. The van der Waals surface area contributed by atoms with Gasteiger partial charge in [-0.1, -0.05) is 48.0 Å². The van der Waals surface area contributed by atoms with Crippen molar-refractivity contribution in [2.24, 2.45) is 0 Å². The van der Waals surface area contributed by atoms with Crippen molar-refractivity contribution >= 4 is 43.5 Å². The summed E-state index contributed by atoms with van der Waals surface area (Å²) in [6.45, 7) is 5.41. The lowest BCUT2D eigenvalue weighted by Crippen LogP contribution is -2.53. The molecule has 0 spiro atoms. The van der Waals surface area contributed by atoms with E-state index in [-0.39, 0.29) is 18.5 Å². The molecule has 0 aliphatic rings. The number of nitrogens with zero attached hydrogens (tertiary/aromatic N) is 2. The van der Waals surface area contributed by atoms with Gasteiger partial charge in [-0.25, -0.2) is 8.42 Å². The van der Waals surface area contributed by atoms with Crippen molar-refractivity contribution in [1.29, 1.82) is 0 Å². The number of halogens is 1. The summed E-state index contributed by atoms with van der Waals surface area (Å²) < 4.78 is 32.2. The van der Waals surface area contributed by atoms with Crippen LogP contribution in [0.5, 0.6) is 5.75 Å². The van der Waals surface area contributed by atoms with Crippen LogP contribution in [0.25, 0.3) is 0 Å². The SMILES string of the molecule is CC[C@@H](C)NC(=O)[C@@H](CC)N(Cc1ccc(OC)cc1)C(=O)CN(c1cccc(Br)c1)S(C)(=O)=O. The van der Waals surface area contributed by atoms with E-state index in [9.17, 15) is 18.0 Å². The summed E-state index contributed by atoms with van der Waals surface area (Å²) in [6, 6.07) is 13.1. The van der Waals surface area contributed by atoms with Crippen molar-refractivity contribution in [2.75, 3.05) is 24.2 Å². The normalized spacial score (nSPS) is 13.0. The summed E-state index contributed by atoms with van der Waals surface area (Å²) in [7, 11) is -2.20. The predicted octanol–water partition coefficient (Wildman–Crippen LogP) is 3.95. The van der Waals surface area contributed by atoms with Crippen LogP contribution < -0.4 is 14.4 Å². The van der Waals surface area contributed by atoms with E-state index >= 15 is 0 Å². The lowest BCUT2D eigenvalue weighted by molar-refractivity contribution is -0.140. The van der Waals surface area contributed by atoms with Gasteiger partial charge in [0.15, 0.2) is 0 Å². The lowest BCUT2D eigenvalue weighted by atomic mass is 10.1. The van der Waals surface area contributed by atoms with Crippen LogP contribution in [0.2, 0.25) is 0 Å². The largest absolute Gasteiger partial charge is 0.497 e. The van der Waals surface area contributed by atoms with Crippen LogP contribution in [0.15, 0.2) is 53.0 Å². The molecule has 10 heteroatoms. The number of amides is 2. The maximum Gasteiger partial charge on any atom is 0.244 e. The lowest BCUT2D eigenvalue weighted by Gasteiger charge is -2.33. The summed E-state index contributed by atoms with van der Waals surface area (Å²) in [5.74, 6) is -0.0690. The summed E-state index contributed by atoms with van der Waals surface area (Å²) in [4.78, 5) is 28.2. The average molecular weight is 569 g/mol. The quantitative estimate of drug-likeness (QED) is 0.419. The van der Waals surface area contributed by atoms with Crippen molar-refractivity contribution in [3.05, 3.63) is 58.6 Å². The standard InChI is InChI=1S/C25H34BrN3O5S/c1-6-18(3)27-25(31)23(7-2)28(16-19-11-13-22(34-4)14-12-19)24(30)17-29(35(5,32)33)21-10-8-9-20(26)15-21/h8-15,18,23H,6-7,16-17H2,1-5H3,(H,27,31)/t18-,23-/m1/s1. The third-order valence-corrected chi connectivity index (χ3v) is 7.31. The zero-order valence-electron chi connectivity index (χ0n) is 20.8. The van der Waals surface area contributed by atoms with Gasteiger partial charge in [0.25, 0.3) is 0 Å². The molecular formula is C25H34BrN3O5S. The maximum atomic E-state index is 13.6. The second-order valence-corrected chi connectivity index (χ2v) is 11.2. The molecule has 35 heavy (non-hydrogen) atoms. The van der Waals surface area contributed by atoms with Gasteiger partial charge in [0.1, 0.15) is 18.3 Å². The third-order valence-electron chi connectivity index (χ3n) is 5.67. The van der Waals surface area contributed by atoms with Gasteiger partial charge in [0, 0.05) is 17.1 Å². The minimum absolute atomic E-state index is 0.0522. The highest BCUT2D eigenvalue weighted by atomic mass is 79.9. The van der Waals surface area contributed by atoms with E-state index in [2.05, 4.69) is 21.2 Å². The van der Waals surface area contributed by atoms with E-state index in [1.807, 2.05) is 32.9 Å². The third kappa shape index (κ3) is 8.24. The Hall–Kier alpha value is -2.59. The first-order chi connectivity index (χ1) is 16.5. The Kier molecular flexibility index (Phi) is 10.6. The minimum atomic E-state index is -3.77. The molecule has 1 N–H and O–H groups in total. The Bertz CT molecular complexity index is 1110. The molecule has 0 bridgehead atoms. The number of ether oxygens (including phenoxy) is 1.